The van der Waals surface area contributed by atoms with E-state index in [-0.39, 0.29) is 0 Å². The Morgan fingerprint density at radius 3 is 2.00 bits per heavy atom. The van der Waals surface area contributed by atoms with Gasteiger partial charge in [0.1, 0.15) is 0 Å². The Labute approximate surface area is 117 Å². The highest BCUT2D eigenvalue weighted by atomic mass is 14.2. The van der Waals surface area contributed by atoms with Crippen LogP contribution in [-0.2, 0) is 6.42 Å². The van der Waals surface area contributed by atoms with Gasteiger partial charge in [0.25, 0.3) is 0 Å². The fourth-order valence-electron chi connectivity index (χ4n) is 2.98. The smallest absolute Gasteiger partial charge is 0.0118 e. The Hall–Kier alpha value is -1.56. The zero-order chi connectivity index (χ0) is 13.8. The third kappa shape index (κ3) is 2.89. The van der Waals surface area contributed by atoms with Crippen LogP contribution in [-0.4, -0.2) is 0 Å². The molecule has 2 rings (SSSR count). The first-order chi connectivity index (χ1) is 9.15. The number of hydrogen-bond donors (Lipinski definition) is 0. The lowest BCUT2D eigenvalue weighted by Crippen LogP contribution is -2.12. The summed E-state index contributed by atoms with van der Waals surface area (Å²) in [7, 11) is 0. The van der Waals surface area contributed by atoms with Crippen LogP contribution in [0.1, 0.15) is 48.9 Å². The highest BCUT2D eigenvalue weighted by Gasteiger charge is 2.21. The Morgan fingerprint density at radius 2 is 1.42 bits per heavy atom. The molecule has 1 unspecified atom stereocenters. The first-order valence-corrected chi connectivity index (χ1v) is 7.28. The molecule has 1 atom stereocenters. The summed E-state index contributed by atoms with van der Waals surface area (Å²) in [6, 6.07) is 17.7. The lowest BCUT2D eigenvalue weighted by Gasteiger charge is -2.26. The highest BCUT2D eigenvalue weighted by Crippen LogP contribution is 2.35. The summed E-state index contributed by atoms with van der Waals surface area (Å²) in [5, 5.41) is 0. The van der Waals surface area contributed by atoms with Gasteiger partial charge in [-0.2, -0.15) is 0 Å². The van der Waals surface area contributed by atoms with Crippen molar-refractivity contribution in [1.29, 1.82) is 0 Å². The predicted molar refractivity (Wildman–Crippen MR) is 83.7 cm³/mol. The maximum absolute atomic E-state index is 2.32. The molecule has 0 N–H and O–H groups in total. The molecule has 2 aromatic carbocycles. The first kappa shape index (κ1) is 13.9. The molecule has 0 amide bonds. The predicted octanol–water partition coefficient (Wildman–Crippen LogP) is 5.35. The van der Waals surface area contributed by atoms with Gasteiger partial charge in [-0.25, -0.2) is 0 Å². The molecule has 100 valence electrons. The molecule has 0 fully saturated rings. The second kappa shape index (κ2) is 6.06. The minimum atomic E-state index is 0.498. The van der Waals surface area contributed by atoms with E-state index in [1.54, 1.807) is 0 Å². The zero-order valence-corrected chi connectivity index (χ0v) is 12.5. The van der Waals surface area contributed by atoms with Gasteiger partial charge in [-0.15, -0.1) is 0 Å². The lowest BCUT2D eigenvalue weighted by molar-refractivity contribution is 0.558. The Morgan fingerprint density at radius 1 is 0.842 bits per heavy atom. The van der Waals surface area contributed by atoms with Crippen molar-refractivity contribution in [2.75, 3.05) is 0 Å². The first-order valence-electron chi connectivity index (χ1n) is 7.28. The highest BCUT2D eigenvalue weighted by molar-refractivity contribution is 5.41. The standard InChI is InChI=1S/C19H24/c1-5-16-11-7-9-13-18(16)19(14(2)3)17-12-8-6-10-15(17)4/h6-14,19H,5H2,1-4H3. The van der Waals surface area contributed by atoms with E-state index in [1.165, 1.54) is 22.3 Å². The monoisotopic (exact) mass is 252 g/mol. The topological polar surface area (TPSA) is 0 Å². The quantitative estimate of drug-likeness (QED) is 0.688. The summed E-state index contributed by atoms with van der Waals surface area (Å²) in [6.07, 6.45) is 1.10. The van der Waals surface area contributed by atoms with Crippen LogP contribution in [0.3, 0.4) is 0 Å². The fourth-order valence-corrected chi connectivity index (χ4v) is 2.98. The summed E-state index contributed by atoms with van der Waals surface area (Å²) in [5.74, 6) is 1.10. The molecule has 0 saturated carbocycles. The van der Waals surface area contributed by atoms with Crippen LogP contribution >= 0.6 is 0 Å². The number of hydrogen-bond acceptors (Lipinski definition) is 0. The van der Waals surface area contributed by atoms with Gasteiger partial charge in [-0.1, -0.05) is 69.3 Å². The van der Waals surface area contributed by atoms with Crippen LogP contribution in [0.4, 0.5) is 0 Å². The summed E-state index contributed by atoms with van der Waals surface area (Å²) < 4.78 is 0. The Balaban J connectivity index is 2.56. The molecule has 0 spiro atoms. The summed E-state index contributed by atoms with van der Waals surface area (Å²) in [4.78, 5) is 0. The van der Waals surface area contributed by atoms with E-state index in [2.05, 4.69) is 76.2 Å². The van der Waals surface area contributed by atoms with Crippen molar-refractivity contribution < 1.29 is 0 Å². The van der Waals surface area contributed by atoms with Crippen molar-refractivity contribution >= 4 is 0 Å². The molecule has 0 heteroatoms. The maximum Gasteiger partial charge on any atom is 0.0118 e. The van der Waals surface area contributed by atoms with Crippen LogP contribution in [0.2, 0.25) is 0 Å². The second-order valence-electron chi connectivity index (χ2n) is 5.63. The van der Waals surface area contributed by atoms with Crippen molar-refractivity contribution in [3.63, 3.8) is 0 Å². The molecular formula is C19H24. The summed E-state index contributed by atoms with van der Waals surface area (Å²) in [6.45, 7) is 9.11. The van der Waals surface area contributed by atoms with Gasteiger partial charge >= 0.3 is 0 Å². The van der Waals surface area contributed by atoms with Crippen LogP contribution in [0, 0.1) is 12.8 Å². The molecule has 0 aliphatic rings. The Bertz CT molecular complexity index is 537. The second-order valence-corrected chi connectivity index (χ2v) is 5.63. The van der Waals surface area contributed by atoms with Gasteiger partial charge in [0, 0.05) is 5.92 Å². The average Bonchev–Trinajstić information content (AvgIpc) is 2.41. The molecule has 0 saturated heterocycles. The van der Waals surface area contributed by atoms with Gasteiger partial charge in [0.2, 0.25) is 0 Å². The number of aryl methyl sites for hydroxylation is 2. The van der Waals surface area contributed by atoms with E-state index >= 15 is 0 Å². The van der Waals surface area contributed by atoms with Crippen LogP contribution in [0.15, 0.2) is 48.5 Å². The van der Waals surface area contributed by atoms with Gasteiger partial charge in [0.15, 0.2) is 0 Å². The van der Waals surface area contributed by atoms with E-state index in [4.69, 9.17) is 0 Å². The number of benzene rings is 2. The van der Waals surface area contributed by atoms with Gasteiger partial charge in [-0.05, 0) is 41.5 Å². The van der Waals surface area contributed by atoms with E-state index in [0.29, 0.717) is 11.8 Å². The lowest BCUT2D eigenvalue weighted by atomic mass is 9.78. The molecule has 0 aliphatic heterocycles. The Kier molecular flexibility index (Phi) is 4.42. The van der Waals surface area contributed by atoms with Crippen LogP contribution in [0.25, 0.3) is 0 Å². The van der Waals surface area contributed by atoms with Crippen LogP contribution in [0.5, 0.6) is 0 Å². The zero-order valence-electron chi connectivity index (χ0n) is 12.5. The molecule has 2 aromatic rings. The van der Waals surface area contributed by atoms with Crippen molar-refractivity contribution in [1.82, 2.24) is 0 Å². The molecule has 0 radical (unpaired) electrons. The third-order valence-corrected chi connectivity index (χ3v) is 3.96. The van der Waals surface area contributed by atoms with E-state index in [1.807, 2.05) is 0 Å². The molecule has 0 nitrogen and oxygen atoms in total. The van der Waals surface area contributed by atoms with Crippen LogP contribution < -0.4 is 0 Å². The van der Waals surface area contributed by atoms with Gasteiger partial charge < -0.3 is 0 Å². The van der Waals surface area contributed by atoms with Crippen molar-refractivity contribution in [3.8, 4) is 0 Å². The molecule has 0 bridgehead atoms. The molecule has 0 heterocycles. The normalized spacial score (nSPS) is 12.7. The molecular weight excluding hydrogens is 228 g/mol. The average molecular weight is 252 g/mol. The minimum Gasteiger partial charge on any atom is -0.0620 e. The minimum absolute atomic E-state index is 0.498. The third-order valence-electron chi connectivity index (χ3n) is 3.96. The van der Waals surface area contributed by atoms with Crippen molar-refractivity contribution in [2.24, 2.45) is 5.92 Å². The van der Waals surface area contributed by atoms with E-state index < -0.39 is 0 Å². The fraction of sp³-hybridized carbons (Fsp3) is 0.368. The van der Waals surface area contributed by atoms with E-state index in [9.17, 15) is 0 Å². The molecule has 0 aromatic heterocycles. The summed E-state index contributed by atoms with van der Waals surface area (Å²) in [5.41, 5.74) is 5.84. The largest absolute Gasteiger partial charge is 0.0620 e. The SMILES string of the molecule is CCc1ccccc1C(c1ccccc1C)C(C)C. The van der Waals surface area contributed by atoms with E-state index in [0.717, 1.165) is 6.42 Å². The number of rotatable bonds is 4. The van der Waals surface area contributed by atoms with Gasteiger partial charge in [-0.3, -0.25) is 0 Å². The van der Waals surface area contributed by atoms with Crippen molar-refractivity contribution in [2.45, 2.75) is 40.0 Å². The van der Waals surface area contributed by atoms with Gasteiger partial charge in [0.05, 0.1) is 0 Å². The van der Waals surface area contributed by atoms with Crippen molar-refractivity contribution in [3.05, 3.63) is 70.8 Å². The molecule has 0 aliphatic carbocycles. The maximum atomic E-state index is 2.32. The molecule has 19 heavy (non-hydrogen) atoms. The summed E-state index contributed by atoms with van der Waals surface area (Å²) >= 11 is 0.